The van der Waals surface area contributed by atoms with Gasteiger partial charge in [0.15, 0.2) is 11.5 Å². The second-order valence-electron chi connectivity index (χ2n) is 7.22. The molecular formula is C19H26N4O2S. The van der Waals surface area contributed by atoms with E-state index in [-0.39, 0.29) is 11.7 Å². The first-order valence-corrected chi connectivity index (χ1v) is 10.8. The van der Waals surface area contributed by atoms with Crippen LogP contribution in [0, 0.1) is 5.92 Å². The van der Waals surface area contributed by atoms with Crippen molar-refractivity contribution in [1.82, 2.24) is 20.5 Å². The highest BCUT2D eigenvalue weighted by Gasteiger charge is 2.35. The molecule has 0 amide bonds. The zero-order valence-electron chi connectivity index (χ0n) is 15.3. The number of thioether (sulfide) groups is 1. The minimum Gasteiger partial charge on any atom is -0.444 e. The van der Waals surface area contributed by atoms with Crippen LogP contribution in [0.3, 0.4) is 0 Å². The number of carbonyl (C=O) groups is 1. The van der Waals surface area contributed by atoms with Crippen molar-refractivity contribution in [3.8, 4) is 5.88 Å². The second-order valence-corrected chi connectivity index (χ2v) is 8.46. The molecule has 1 aliphatic heterocycles. The number of allylic oxidation sites excluding steroid dienone is 2. The van der Waals surface area contributed by atoms with E-state index in [1.807, 2.05) is 0 Å². The van der Waals surface area contributed by atoms with Crippen LogP contribution < -0.4 is 10.1 Å². The fourth-order valence-electron chi connectivity index (χ4n) is 4.12. The summed E-state index contributed by atoms with van der Waals surface area (Å²) < 4.78 is 6.12. The average Bonchev–Trinajstić information content (AvgIpc) is 2.85. The quantitative estimate of drug-likeness (QED) is 0.805. The van der Waals surface area contributed by atoms with Crippen LogP contribution in [0.4, 0.5) is 0 Å². The van der Waals surface area contributed by atoms with E-state index in [2.05, 4.69) is 27.4 Å². The molecule has 3 aliphatic rings. The summed E-state index contributed by atoms with van der Waals surface area (Å²) in [6.07, 6.45) is 8.89. The van der Waals surface area contributed by atoms with Gasteiger partial charge >= 0.3 is 0 Å². The number of hydrogen-bond acceptors (Lipinski definition) is 7. The molecule has 6 nitrogen and oxygen atoms in total. The van der Waals surface area contributed by atoms with Gasteiger partial charge in [-0.25, -0.2) is 0 Å². The van der Waals surface area contributed by atoms with E-state index in [1.165, 1.54) is 18.2 Å². The Hall–Kier alpha value is -1.63. The van der Waals surface area contributed by atoms with Gasteiger partial charge in [-0.05, 0) is 44.3 Å². The number of ether oxygens (including phenoxy) is 1. The standard InChI is InChI=1S/C19H26N4O2S/c1-2-26-19-21-17-15(22-23-19)13-10-6-7-11-14(13)20-18(25-17)16(24)12-8-4-3-5-9-12/h12,18,20H,2-11H2,1H3. The van der Waals surface area contributed by atoms with Gasteiger partial charge in [0.2, 0.25) is 17.3 Å². The van der Waals surface area contributed by atoms with Crippen molar-refractivity contribution in [2.75, 3.05) is 5.75 Å². The first kappa shape index (κ1) is 17.8. The summed E-state index contributed by atoms with van der Waals surface area (Å²) in [4.78, 5) is 17.7. The lowest BCUT2D eigenvalue weighted by molar-refractivity contribution is -0.132. The van der Waals surface area contributed by atoms with E-state index in [1.54, 1.807) is 0 Å². The van der Waals surface area contributed by atoms with Crippen molar-refractivity contribution >= 4 is 23.1 Å². The highest BCUT2D eigenvalue weighted by molar-refractivity contribution is 7.99. The average molecular weight is 375 g/mol. The summed E-state index contributed by atoms with van der Waals surface area (Å²) in [7, 11) is 0. The highest BCUT2D eigenvalue weighted by atomic mass is 32.2. The largest absolute Gasteiger partial charge is 0.444 e. The summed E-state index contributed by atoms with van der Waals surface area (Å²) in [6, 6.07) is 0. The van der Waals surface area contributed by atoms with Gasteiger partial charge in [0, 0.05) is 17.2 Å². The molecular weight excluding hydrogens is 348 g/mol. The van der Waals surface area contributed by atoms with Crippen molar-refractivity contribution in [3.05, 3.63) is 11.4 Å². The molecule has 1 fully saturated rings. The first-order valence-electron chi connectivity index (χ1n) is 9.83. The third-order valence-corrected chi connectivity index (χ3v) is 6.18. The van der Waals surface area contributed by atoms with E-state index < -0.39 is 6.23 Å². The topological polar surface area (TPSA) is 77.0 Å². The maximum atomic E-state index is 13.1. The van der Waals surface area contributed by atoms with Crippen molar-refractivity contribution in [1.29, 1.82) is 0 Å². The lowest BCUT2D eigenvalue weighted by Crippen LogP contribution is -2.44. The maximum absolute atomic E-state index is 13.1. The third-order valence-electron chi connectivity index (χ3n) is 5.46. The lowest BCUT2D eigenvalue weighted by Gasteiger charge is -2.27. The number of nitrogens with zero attached hydrogens (tertiary/aromatic N) is 3. The molecule has 1 atom stereocenters. The SMILES string of the molecule is CCSc1nnc2c(n1)OC(C(=O)C1CCCCC1)NC1=C2CCCC1. The molecule has 1 unspecified atom stereocenters. The van der Waals surface area contributed by atoms with E-state index in [0.717, 1.165) is 68.4 Å². The number of hydrogen-bond donors (Lipinski definition) is 1. The van der Waals surface area contributed by atoms with E-state index in [0.29, 0.717) is 16.7 Å². The van der Waals surface area contributed by atoms with Crippen molar-refractivity contribution in [2.45, 2.75) is 76.1 Å². The number of rotatable bonds is 4. The molecule has 0 aromatic carbocycles. The Labute approximate surface area is 158 Å². The molecule has 1 aromatic rings. The molecule has 140 valence electrons. The van der Waals surface area contributed by atoms with Crippen molar-refractivity contribution in [2.24, 2.45) is 5.92 Å². The van der Waals surface area contributed by atoms with Gasteiger partial charge in [0.25, 0.3) is 0 Å². The van der Waals surface area contributed by atoms with Gasteiger partial charge in [0.05, 0.1) is 0 Å². The van der Waals surface area contributed by atoms with Crippen LogP contribution in [0.2, 0.25) is 0 Å². The van der Waals surface area contributed by atoms with Crippen LogP contribution in [0.1, 0.15) is 70.4 Å². The van der Waals surface area contributed by atoms with Crippen LogP contribution in [0.5, 0.6) is 5.88 Å². The van der Waals surface area contributed by atoms with Crippen LogP contribution in [0.25, 0.3) is 5.57 Å². The van der Waals surface area contributed by atoms with Gasteiger partial charge in [-0.2, -0.15) is 4.98 Å². The molecule has 1 aromatic heterocycles. The molecule has 7 heteroatoms. The molecule has 1 N–H and O–H groups in total. The minimum absolute atomic E-state index is 0.0923. The van der Waals surface area contributed by atoms with Gasteiger partial charge in [-0.1, -0.05) is 37.9 Å². The first-order chi connectivity index (χ1) is 12.8. The monoisotopic (exact) mass is 374 g/mol. The molecule has 0 radical (unpaired) electrons. The molecule has 1 saturated carbocycles. The number of fused-ring (bicyclic) bond motifs is 2. The second kappa shape index (κ2) is 7.94. The van der Waals surface area contributed by atoms with Crippen molar-refractivity contribution < 1.29 is 9.53 Å². The van der Waals surface area contributed by atoms with E-state index >= 15 is 0 Å². The Balaban J connectivity index is 1.67. The van der Waals surface area contributed by atoms with Gasteiger partial charge in [0.1, 0.15) is 0 Å². The van der Waals surface area contributed by atoms with Crippen molar-refractivity contribution in [3.63, 3.8) is 0 Å². The van der Waals surface area contributed by atoms with Crippen LogP contribution >= 0.6 is 11.8 Å². The summed E-state index contributed by atoms with van der Waals surface area (Å²) in [6.45, 7) is 2.05. The Morgan fingerprint density at radius 1 is 1.15 bits per heavy atom. The number of aromatic nitrogens is 3. The summed E-state index contributed by atoms with van der Waals surface area (Å²) in [5.74, 6) is 1.59. The summed E-state index contributed by atoms with van der Waals surface area (Å²) in [5.41, 5.74) is 2.93. The molecule has 2 aliphatic carbocycles. The van der Waals surface area contributed by atoms with E-state index in [9.17, 15) is 4.79 Å². The van der Waals surface area contributed by atoms with Crippen LogP contribution in [0.15, 0.2) is 10.9 Å². The smallest absolute Gasteiger partial charge is 0.247 e. The number of carbonyl (C=O) groups excluding carboxylic acids is 1. The summed E-state index contributed by atoms with van der Waals surface area (Å²) >= 11 is 1.54. The lowest BCUT2D eigenvalue weighted by atomic mass is 9.85. The Morgan fingerprint density at radius 3 is 2.77 bits per heavy atom. The zero-order valence-corrected chi connectivity index (χ0v) is 16.1. The minimum atomic E-state index is -0.654. The van der Waals surface area contributed by atoms with Gasteiger partial charge < -0.3 is 10.1 Å². The Bertz CT molecular complexity index is 715. The van der Waals surface area contributed by atoms with Crippen LogP contribution in [-0.2, 0) is 4.79 Å². The van der Waals surface area contributed by atoms with Gasteiger partial charge in [-0.3, -0.25) is 4.79 Å². The predicted molar refractivity (Wildman–Crippen MR) is 101 cm³/mol. The number of ketones is 1. The Morgan fingerprint density at radius 2 is 1.96 bits per heavy atom. The number of Topliss-reactive ketones (excluding diaryl/α,β-unsaturated/α-hetero) is 1. The predicted octanol–water partition coefficient (Wildman–Crippen LogP) is 3.73. The zero-order chi connectivity index (χ0) is 17.9. The third kappa shape index (κ3) is 3.59. The fraction of sp³-hybridized carbons (Fsp3) is 0.684. The molecule has 26 heavy (non-hydrogen) atoms. The maximum Gasteiger partial charge on any atom is 0.247 e. The Kier molecular flexibility index (Phi) is 5.43. The molecule has 0 saturated heterocycles. The fourth-order valence-corrected chi connectivity index (χ4v) is 4.62. The normalized spacial score (nSPS) is 23.3. The molecule has 4 rings (SSSR count). The van der Waals surface area contributed by atoms with E-state index in [4.69, 9.17) is 4.74 Å². The molecule has 0 bridgehead atoms. The van der Waals surface area contributed by atoms with Gasteiger partial charge in [-0.15, -0.1) is 10.2 Å². The molecule has 2 heterocycles. The molecule has 0 spiro atoms. The number of nitrogens with one attached hydrogen (secondary N) is 1. The van der Waals surface area contributed by atoms with Crippen LogP contribution in [-0.4, -0.2) is 32.9 Å². The highest BCUT2D eigenvalue weighted by Crippen LogP contribution is 2.37. The summed E-state index contributed by atoms with van der Waals surface area (Å²) in [5, 5.41) is 12.7.